The molecule has 0 aliphatic carbocycles. The van der Waals surface area contributed by atoms with Gasteiger partial charge in [0.1, 0.15) is 11.9 Å². The lowest BCUT2D eigenvalue weighted by Crippen LogP contribution is -2.36. The normalized spacial score (nSPS) is 13.8. The first-order valence-corrected chi connectivity index (χ1v) is 8.45. The molecular weight excluding hydrogens is 330 g/mol. The minimum absolute atomic E-state index is 0.127. The van der Waals surface area contributed by atoms with E-state index in [1.54, 1.807) is 24.1 Å². The van der Waals surface area contributed by atoms with Gasteiger partial charge in [-0.05, 0) is 36.4 Å². The molecule has 0 unspecified atom stereocenters. The molecule has 1 amide bonds. The number of aromatic nitrogens is 1. The highest BCUT2D eigenvalue weighted by atomic mass is 16.5. The van der Waals surface area contributed by atoms with Crippen LogP contribution in [0, 0.1) is 11.3 Å². The predicted octanol–water partition coefficient (Wildman–Crippen LogP) is 1.86. The first-order valence-electron chi connectivity index (χ1n) is 8.45. The summed E-state index contributed by atoms with van der Waals surface area (Å²) < 4.78 is 5.36. The van der Waals surface area contributed by atoms with E-state index in [2.05, 4.69) is 15.2 Å². The Morgan fingerprint density at radius 3 is 2.62 bits per heavy atom. The molecule has 0 saturated carbocycles. The fourth-order valence-electron chi connectivity index (χ4n) is 2.75. The van der Waals surface area contributed by atoms with Crippen molar-refractivity contribution in [3.05, 3.63) is 48.2 Å². The van der Waals surface area contributed by atoms with E-state index in [1.807, 2.05) is 30.3 Å². The summed E-state index contributed by atoms with van der Waals surface area (Å²) in [6.45, 7) is 3.43. The van der Waals surface area contributed by atoms with Crippen LogP contribution in [0.1, 0.15) is 5.56 Å². The Hall–Kier alpha value is -3.11. The van der Waals surface area contributed by atoms with Crippen LogP contribution in [0.2, 0.25) is 0 Å². The first kappa shape index (κ1) is 17.7. The van der Waals surface area contributed by atoms with E-state index in [0.717, 1.165) is 37.7 Å². The van der Waals surface area contributed by atoms with Crippen LogP contribution in [0.4, 0.5) is 17.2 Å². The Bertz CT molecular complexity index is 777. The van der Waals surface area contributed by atoms with Crippen LogP contribution >= 0.6 is 0 Å². The summed E-state index contributed by atoms with van der Waals surface area (Å²) in [5.74, 6) is 0.514. The number of hydrogen-bond donors (Lipinski definition) is 1. The summed E-state index contributed by atoms with van der Waals surface area (Å²) in [5.41, 5.74) is 2.38. The van der Waals surface area contributed by atoms with Gasteiger partial charge < -0.3 is 19.9 Å². The Kier molecular flexibility index (Phi) is 5.66. The summed E-state index contributed by atoms with van der Waals surface area (Å²) >= 11 is 0. The van der Waals surface area contributed by atoms with Gasteiger partial charge in [-0.15, -0.1) is 0 Å². The number of carbonyl (C=O) groups excluding carboxylic acids is 1. The molecule has 1 N–H and O–H groups in total. The SMILES string of the molecule is CN(CC(=O)Nc1ccc(N2CCOCC2)cc1)c1ccc(C#N)cn1. The molecule has 0 spiro atoms. The van der Waals surface area contributed by atoms with Crippen molar-refractivity contribution in [1.29, 1.82) is 5.26 Å². The molecule has 3 rings (SSSR count). The Morgan fingerprint density at radius 1 is 1.27 bits per heavy atom. The maximum atomic E-state index is 12.2. The molecular formula is C19H21N5O2. The van der Waals surface area contributed by atoms with E-state index >= 15 is 0 Å². The number of anilines is 3. The van der Waals surface area contributed by atoms with Gasteiger partial charge >= 0.3 is 0 Å². The van der Waals surface area contributed by atoms with Crippen LogP contribution in [0.5, 0.6) is 0 Å². The van der Waals surface area contributed by atoms with Crippen LogP contribution in [0.15, 0.2) is 42.6 Å². The molecule has 1 aromatic heterocycles. The van der Waals surface area contributed by atoms with E-state index in [-0.39, 0.29) is 12.5 Å². The number of carbonyl (C=O) groups is 1. The second-order valence-electron chi connectivity index (χ2n) is 6.07. The summed E-state index contributed by atoms with van der Waals surface area (Å²) in [6, 6.07) is 13.3. The monoisotopic (exact) mass is 351 g/mol. The van der Waals surface area contributed by atoms with E-state index < -0.39 is 0 Å². The zero-order chi connectivity index (χ0) is 18.4. The maximum absolute atomic E-state index is 12.2. The van der Waals surface area contributed by atoms with Gasteiger partial charge in [0.15, 0.2) is 0 Å². The molecule has 0 atom stereocenters. The first-order chi connectivity index (χ1) is 12.7. The number of hydrogen-bond acceptors (Lipinski definition) is 6. The number of nitrogens with zero attached hydrogens (tertiary/aromatic N) is 4. The van der Waals surface area contributed by atoms with Crippen molar-refractivity contribution in [3.63, 3.8) is 0 Å². The zero-order valence-corrected chi connectivity index (χ0v) is 14.7. The van der Waals surface area contributed by atoms with Gasteiger partial charge in [0.2, 0.25) is 5.91 Å². The average molecular weight is 351 g/mol. The number of nitriles is 1. The van der Waals surface area contributed by atoms with E-state index in [4.69, 9.17) is 10.00 Å². The fourth-order valence-corrected chi connectivity index (χ4v) is 2.75. The van der Waals surface area contributed by atoms with Crippen LogP contribution in [0.25, 0.3) is 0 Å². The fraction of sp³-hybridized carbons (Fsp3) is 0.316. The van der Waals surface area contributed by atoms with E-state index in [0.29, 0.717) is 11.4 Å². The van der Waals surface area contributed by atoms with Gasteiger partial charge in [0.05, 0.1) is 25.3 Å². The summed E-state index contributed by atoms with van der Waals surface area (Å²) in [7, 11) is 1.79. The third kappa shape index (κ3) is 4.49. The summed E-state index contributed by atoms with van der Waals surface area (Å²) in [4.78, 5) is 20.4. The van der Waals surface area contributed by atoms with Crippen molar-refractivity contribution < 1.29 is 9.53 Å². The number of rotatable bonds is 5. The molecule has 0 radical (unpaired) electrons. The maximum Gasteiger partial charge on any atom is 0.243 e. The van der Waals surface area contributed by atoms with Gasteiger partial charge in [-0.1, -0.05) is 0 Å². The molecule has 7 heteroatoms. The van der Waals surface area contributed by atoms with Crippen LogP contribution < -0.4 is 15.1 Å². The number of nitrogens with one attached hydrogen (secondary N) is 1. The predicted molar refractivity (Wildman–Crippen MR) is 100 cm³/mol. The highest BCUT2D eigenvalue weighted by molar-refractivity contribution is 5.94. The lowest BCUT2D eigenvalue weighted by atomic mass is 10.2. The summed E-state index contributed by atoms with van der Waals surface area (Å²) in [5, 5.41) is 11.7. The minimum atomic E-state index is -0.127. The molecule has 2 aromatic rings. The molecule has 1 saturated heterocycles. The molecule has 134 valence electrons. The van der Waals surface area contributed by atoms with Gasteiger partial charge in [-0.25, -0.2) is 4.98 Å². The molecule has 0 bridgehead atoms. The molecule has 1 aromatic carbocycles. The van der Waals surface area contributed by atoms with Gasteiger partial charge in [-0.2, -0.15) is 5.26 Å². The van der Waals surface area contributed by atoms with Crippen molar-refractivity contribution in [2.45, 2.75) is 0 Å². The standard InChI is InChI=1S/C19H21N5O2/c1-23(18-7-2-15(12-20)13-21-18)14-19(25)22-16-3-5-17(6-4-16)24-8-10-26-11-9-24/h2-7,13H,8-11,14H2,1H3,(H,22,25). The third-order valence-electron chi connectivity index (χ3n) is 4.18. The number of morpholine rings is 1. The second kappa shape index (κ2) is 8.32. The highest BCUT2D eigenvalue weighted by Gasteiger charge is 2.12. The van der Waals surface area contributed by atoms with Gasteiger partial charge in [0.25, 0.3) is 0 Å². The minimum Gasteiger partial charge on any atom is -0.378 e. The van der Waals surface area contributed by atoms with Gasteiger partial charge in [0, 0.05) is 37.7 Å². The highest BCUT2D eigenvalue weighted by Crippen LogP contribution is 2.19. The van der Waals surface area contributed by atoms with Crippen molar-refractivity contribution in [1.82, 2.24) is 4.98 Å². The van der Waals surface area contributed by atoms with Crippen molar-refractivity contribution in [2.24, 2.45) is 0 Å². The van der Waals surface area contributed by atoms with Crippen LogP contribution in [-0.2, 0) is 9.53 Å². The number of amides is 1. The Morgan fingerprint density at radius 2 is 2.00 bits per heavy atom. The van der Waals surface area contributed by atoms with Crippen LogP contribution in [0.3, 0.4) is 0 Å². The number of pyridine rings is 1. The molecule has 7 nitrogen and oxygen atoms in total. The Balaban J connectivity index is 1.54. The zero-order valence-electron chi connectivity index (χ0n) is 14.7. The molecule has 1 aliphatic heterocycles. The Labute approximate surface area is 152 Å². The third-order valence-corrected chi connectivity index (χ3v) is 4.18. The number of ether oxygens (including phenoxy) is 1. The van der Waals surface area contributed by atoms with Gasteiger partial charge in [-0.3, -0.25) is 4.79 Å². The van der Waals surface area contributed by atoms with Crippen molar-refractivity contribution >= 4 is 23.1 Å². The number of benzene rings is 1. The lowest BCUT2D eigenvalue weighted by Gasteiger charge is -2.28. The van der Waals surface area contributed by atoms with E-state index in [9.17, 15) is 4.79 Å². The number of likely N-dealkylation sites (N-methyl/N-ethyl adjacent to an activating group) is 1. The molecule has 1 fully saturated rings. The molecule has 2 heterocycles. The summed E-state index contributed by atoms with van der Waals surface area (Å²) in [6.07, 6.45) is 1.49. The van der Waals surface area contributed by atoms with Crippen molar-refractivity contribution in [2.75, 3.05) is 55.0 Å². The van der Waals surface area contributed by atoms with E-state index in [1.165, 1.54) is 6.20 Å². The largest absolute Gasteiger partial charge is 0.378 e. The van der Waals surface area contributed by atoms with Crippen molar-refractivity contribution in [3.8, 4) is 6.07 Å². The molecule has 1 aliphatic rings. The lowest BCUT2D eigenvalue weighted by molar-refractivity contribution is -0.114. The smallest absolute Gasteiger partial charge is 0.243 e. The second-order valence-corrected chi connectivity index (χ2v) is 6.07. The molecule has 26 heavy (non-hydrogen) atoms. The topological polar surface area (TPSA) is 81.5 Å². The van der Waals surface area contributed by atoms with Crippen LogP contribution in [-0.4, -0.2) is 50.8 Å². The average Bonchev–Trinajstić information content (AvgIpc) is 2.69. The quantitative estimate of drug-likeness (QED) is 0.886.